The Hall–Kier alpha value is -0.306. The fourth-order valence-corrected chi connectivity index (χ4v) is 1.03. The molecule has 0 atom stereocenters. The van der Waals surface area contributed by atoms with Crippen molar-refractivity contribution in [2.45, 2.75) is 6.42 Å². The molecular weight excluding hydrogens is 205 g/mol. The van der Waals surface area contributed by atoms with Crippen LogP contribution in [0.1, 0.15) is 5.56 Å². The number of rotatable bonds is 3. The molecule has 1 nitrogen and oxygen atoms in total. The van der Waals surface area contributed by atoms with Gasteiger partial charge in [0.25, 0.3) is 0 Å². The standard InChI is InChI=1S/C9H9NS.V/c1-2-8-5-3-4-6-9(8)10-7-11;/h3-6H,1-2H2,(H,10,11);/q-2;+2. The molecule has 0 aromatic heterocycles. The van der Waals surface area contributed by atoms with E-state index in [1.54, 1.807) is 0 Å². The first-order valence-electron chi connectivity index (χ1n) is 3.39. The van der Waals surface area contributed by atoms with Crippen LogP contribution >= 0.6 is 12.2 Å². The Balaban J connectivity index is 0.00000121. The summed E-state index contributed by atoms with van der Waals surface area (Å²) >= 11 is 4.56. The number of anilines is 1. The molecule has 0 amide bonds. The Kier molecular flexibility index (Phi) is 6.08. The maximum atomic E-state index is 4.56. The molecule has 1 radical (unpaired) electrons. The van der Waals surface area contributed by atoms with Gasteiger partial charge >= 0.3 is 18.6 Å². The van der Waals surface area contributed by atoms with Gasteiger partial charge in [-0.15, -0.1) is 22.8 Å². The minimum absolute atomic E-state index is 0. The molecule has 0 aliphatic heterocycles. The average Bonchev–Trinajstić information content (AvgIpc) is 2.06. The molecule has 0 heterocycles. The van der Waals surface area contributed by atoms with Crippen molar-refractivity contribution in [3.63, 3.8) is 0 Å². The van der Waals surface area contributed by atoms with Gasteiger partial charge in [0.1, 0.15) is 0 Å². The largest absolute Gasteiger partial charge is 2.00 e. The number of para-hydroxylation sites is 1. The number of thiocarbonyl (C=S) groups is 1. The maximum absolute atomic E-state index is 4.56. The zero-order chi connectivity index (χ0) is 8.10. The molecule has 1 N–H and O–H groups in total. The molecule has 0 bridgehead atoms. The molecule has 0 aliphatic rings. The second-order valence-corrected chi connectivity index (χ2v) is 2.34. The van der Waals surface area contributed by atoms with Crippen molar-refractivity contribution >= 4 is 23.4 Å². The number of hydrogen-bond donors (Lipinski definition) is 1. The van der Waals surface area contributed by atoms with Crippen LogP contribution in [-0.4, -0.2) is 5.49 Å². The SMILES string of the molecule is [CH2-]Cc1ccccc1N[C-]=S.[V+2]. The van der Waals surface area contributed by atoms with Gasteiger partial charge in [-0.2, -0.15) is 6.42 Å². The third-order valence-electron chi connectivity index (χ3n) is 1.47. The van der Waals surface area contributed by atoms with Crippen molar-refractivity contribution in [2.75, 3.05) is 5.32 Å². The van der Waals surface area contributed by atoms with Gasteiger partial charge < -0.3 is 12.2 Å². The van der Waals surface area contributed by atoms with Crippen LogP contribution < -0.4 is 5.32 Å². The van der Waals surface area contributed by atoms with Crippen molar-refractivity contribution in [1.29, 1.82) is 0 Å². The van der Waals surface area contributed by atoms with Crippen LogP contribution in [0.3, 0.4) is 0 Å². The van der Waals surface area contributed by atoms with Gasteiger partial charge in [-0.25, -0.2) is 12.2 Å². The summed E-state index contributed by atoms with van der Waals surface area (Å²) in [4.78, 5) is 0. The fourth-order valence-electron chi connectivity index (χ4n) is 0.915. The van der Waals surface area contributed by atoms with E-state index in [2.05, 4.69) is 29.9 Å². The first-order chi connectivity index (χ1) is 5.38. The van der Waals surface area contributed by atoms with E-state index in [1.807, 2.05) is 24.3 Å². The second-order valence-electron chi connectivity index (χ2n) is 2.13. The van der Waals surface area contributed by atoms with E-state index < -0.39 is 0 Å². The van der Waals surface area contributed by atoms with Crippen molar-refractivity contribution in [3.8, 4) is 0 Å². The molecule has 0 unspecified atom stereocenters. The molecule has 12 heavy (non-hydrogen) atoms. The summed E-state index contributed by atoms with van der Waals surface area (Å²) in [6, 6.07) is 7.91. The predicted octanol–water partition coefficient (Wildman–Crippen LogP) is 2.31. The van der Waals surface area contributed by atoms with Crippen molar-refractivity contribution in [2.24, 2.45) is 0 Å². The van der Waals surface area contributed by atoms with E-state index in [-0.39, 0.29) is 18.6 Å². The Morgan fingerprint density at radius 1 is 1.42 bits per heavy atom. The molecule has 0 saturated heterocycles. The van der Waals surface area contributed by atoms with Crippen molar-refractivity contribution in [3.05, 3.63) is 36.8 Å². The normalized spacial score (nSPS) is 8.42. The number of benzene rings is 1. The predicted molar refractivity (Wildman–Crippen MR) is 51.7 cm³/mol. The van der Waals surface area contributed by atoms with E-state index in [9.17, 15) is 0 Å². The smallest absolute Gasteiger partial charge is 0.515 e. The topological polar surface area (TPSA) is 12.0 Å². The summed E-state index contributed by atoms with van der Waals surface area (Å²) in [6.45, 7) is 3.80. The Bertz CT molecular complexity index is 250. The summed E-state index contributed by atoms with van der Waals surface area (Å²) in [5.41, 5.74) is 4.62. The fraction of sp³-hybridized carbons (Fsp3) is 0.111. The third kappa shape index (κ3) is 2.98. The van der Waals surface area contributed by atoms with E-state index in [0.717, 1.165) is 17.7 Å². The van der Waals surface area contributed by atoms with Crippen LogP contribution in [0.25, 0.3) is 0 Å². The van der Waals surface area contributed by atoms with E-state index in [0.29, 0.717) is 0 Å². The molecular formula is C9H9NSV. The van der Waals surface area contributed by atoms with Gasteiger partial charge in [0.2, 0.25) is 0 Å². The summed E-state index contributed by atoms with van der Waals surface area (Å²) in [7, 11) is 0. The number of hydrogen-bond acceptors (Lipinski definition) is 1. The zero-order valence-corrected chi connectivity index (χ0v) is 8.79. The summed E-state index contributed by atoms with van der Waals surface area (Å²) in [6.07, 6.45) is 0.764. The first kappa shape index (κ1) is 11.7. The maximum Gasteiger partial charge on any atom is 2.00 e. The molecule has 1 aromatic rings. The van der Waals surface area contributed by atoms with Gasteiger partial charge in [0.05, 0.1) is 0 Å². The minimum Gasteiger partial charge on any atom is -0.515 e. The molecule has 0 spiro atoms. The van der Waals surface area contributed by atoms with E-state index in [1.165, 1.54) is 0 Å². The van der Waals surface area contributed by atoms with Gasteiger partial charge in [0, 0.05) is 0 Å². The summed E-state index contributed by atoms with van der Waals surface area (Å²) in [5, 5.41) is 2.85. The van der Waals surface area contributed by atoms with Crippen molar-refractivity contribution in [1.82, 2.24) is 0 Å². The summed E-state index contributed by atoms with van der Waals surface area (Å²) < 4.78 is 0. The van der Waals surface area contributed by atoms with Gasteiger partial charge in [-0.3, -0.25) is 0 Å². The van der Waals surface area contributed by atoms with Gasteiger partial charge in [-0.1, -0.05) is 18.2 Å². The van der Waals surface area contributed by atoms with Crippen LogP contribution in [0.15, 0.2) is 24.3 Å². The first-order valence-corrected chi connectivity index (χ1v) is 3.79. The molecule has 0 aliphatic carbocycles. The van der Waals surface area contributed by atoms with E-state index >= 15 is 0 Å². The molecule has 1 aromatic carbocycles. The molecule has 1 rings (SSSR count). The molecule has 61 valence electrons. The van der Waals surface area contributed by atoms with Gasteiger partial charge in [0.15, 0.2) is 0 Å². The summed E-state index contributed by atoms with van der Waals surface area (Å²) in [5.74, 6) is 0. The quantitative estimate of drug-likeness (QED) is 0.470. The van der Waals surface area contributed by atoms with Crippen LogP contribution in [0.5, 0.6) is 0 Å². The molecule has 0 fully saturated rings. The van der Waals surface area contributed by atoms with Crippen LogP contribution in [0, 0.1) is 6.92 Å². The van der Waals surface area contributed by atoms with Gasteiger partial charge in [-0.05, 0) is 0 Å². The Morgan fingerprint density at radius 3 is 2.67 bits per heavy atom. The molecule has 3 heteroatoms. The Morgan fingerprint density at radius 2 is 2.08 bits per heavy atom. The van der Waals surface area contributed by atoms with Crippen LogP contribution in [0.4, 0.5) is 5.69 Å². The number of nitrogens with one attached hydrogen (secondary N) is 1. The third-order valence-corrected chi connectivity index (χ3v) is 1.57. The van der Waals surface area contributed by atoms with Crippen LogP contribution in [-0.2, 0) is 25.0 Å². The Labute approximate surface area is 90.4 Å². The van der Waals surface area contributed by atoms with Crippen molar-refractivity contribution < 1.29 is 18.6 Å². The molecule has 0 saturated carbocycles. The van der Waals surface area contributed by atoms with Crippen LogP contribution in [0.2, 0.25) is 0 Å². The second kappa shape index (κ2) is 6.24. The monoisotopic (exact) mass is 214 g/mol. The zero-order valence-electron chi connectivity index (χ0n) is 6.58. The average molecular weight is 214 g/mol. The minimum atomic E-state index is 0. The van der Waals surface area contributed by atoms with E-state index in [4.69, 9.17) is 0 Å².